The molecule has 1 heterocycles. The number of hydrogen-bond donors (Lipinski definition) is 3. The Bertz CT molecular complexity index is 1020. The van der Waals surface area contributed by atoms with Gasteiger partial charge in [-0.3, -0.25) is 0 Å². The Balaban J connectivity index is 1.70. The number of fused-ring (bicyclic) bond motifs is 1. The summed E-state index contributed by atoms with van der Waals surface area (Å²) in [5.74, 6) is 0. The van der Waals surface area contributed by atoms with Gasteiger partial charge in [0.25, 0.3) is 0 Å². The van der Waals surface area contributed by atoms with Crippen molar-refractivity contribution in [2.24, 2.45) is 0 Å². The van der Waals surface area contributed by atoms with Crippen LogP contribution < -0.4 is 9.44 Å². The van der Waals surface area contributed by atoms with Gasteiger partial charge >= 0.3 is 0 Å². The van der Waals surface area contributed by atoms with Gasteiger partial charge in [0.2, 0.25) is 20.0 Å². The lowest BCUT2D eigenvalue weighted by molar-refractivity contribution is 0.0460. The SMILES string of the molecule is O=S(=O)(NCCO)c1ccc(S(=O)(=O)NCC2OCCc3ccccc32)cc1. The summed E-state index contributed by atoms with van der Waals surface area (Å²) in [6, 6.07) is 12.6. The van der Waals surface area contributed by atoms with E-state index in [2.05, 4.69) is 9.44 Å². The first kappa shape index (κ1) is 20.9. The van der Waals surface area contributed by atoms with Crippen LogP contribution in [0.5, 0.6) is 0 Å². The molecule has 0 aliphatic carbocycles. The van der Waals surface area contributed by atoms with Crippen molar-refractivity contribution < 1.29 is 26.7 Å². The zero-order chi connectivity index (χ0) is 20.2. The number of aliphatic hydroxyl groups is 1. The van der Waals surface area contributed by atoms with Gasteiger partial charge in [-0.1, -0.05) is 24.3 Å². The van der Waals surface area contributed by atoms with E-state index in [-0.39, 0.29) is 35.6 Å². The van der Waals surface area contributed by atoms with E-state index in [1.54, 1.807) is 0 Å². The van der Waals surface area contributed by atoms with Crippen LogP contribution in [0, 0.1) is 0 Å². The van der Waals surface area contributed by atoms with Crippen LogP contribution in [-0.4, -0.2) is 48.2 Å². The van der Waals surface area contributed by atoms with Crippen molar-refractivity contribution in [3.8, 4) is 0 Å². The van der Waals surface area contributed by atoms with E-state index in [9.17, 15) is 16.8 Å². The summed E-state index contributed by atoms with van der Waals surface area (Å²) in [5, 5.41) is 8.73. The fourth-order valence-electron chi connectivity index (χ4n) is 2.98. The number of aliphatic hydroxyl groups excluding tert-OH is 1. The molecule has 1 unspecified atom stereocenters. The van der Waals surface area contributed by atoms with Crippen LogP contribution in [0.3, 0.4) is 0 Å². The summed E-state index contributed by atoms with van der Waals surface area (Å²) in [7, 11) is -7.62. The average molecular weight is 427 g/mol. The predicted molar refractivity (Wildman–Crippen MR) is 103 cm³/mol. The Morgan fingerprint density at radius 2 is 1.54 bits per heavy atom. The normalized spacial score (nSPS) is 17.2. The van der Waals surface area contributed by atoms with Gasteiger partial charge in [0.1, 0.15) is 0 Å². The molecule has 0 radical (unpaired) electrons. The third-order valence-electron chi connectivity index (χ3n) is 4.40. The van der Waals surface area contributed by atoms with Crippen molar-refractivity contribution in [3.63, 3.8) is 0 Å². The van der Waals surface area contributed by atoms with Crippen molar-refractivity contribution in [2.75, 3.05) is 26.3 Å². The number of hydrogen-bond acceptors (Lipinski definition) is 6. The molecular formula is C18H22N2O6S2. The van der Waals surface area contributed by atoms with Crippen molar-refractivity contribution in [1.29, 1.82) is 0 Å². The second-order valence-corrected chi connectivity index (χ2v) is 9.79. The molecule has 8 nitrogen and oxygen atoms in total. The third kappa shape index (κ3) is 4.77. The maximum Gasteiger partial charge on any atom is 0.240 e. The molecule has 0 amide bonds. The van der Waals surface area contributed by atoms with Crippen molar-refractivity contribution >= 4 is 20.0 Å². The lowest BCUT2D eigenvalue weighted by Gasteiger charge is -2.26. The Morgan fingerprint density at radius 3 is 2.18 bits per heavy atom. The molecule has 0 spiro atoms. The first-order valence-corrected chi connectivity index (χ1v) is 11.7. The number of nitrogens with one attached hydrogen (secondary N) is 2. The lowest BCUT2D eigenvalue weighted by Crippen LogP contribution is -2.32. The summed E-state index contributed by atoms with van der Waals surface area (Å²) >= 11 is 0. The zero-order valence-corrected chi connectivity index (χ0v) is 16.7. The molecule has 1 aliphatic rings. The van der Waals surface area contributed by atoms with E-state index in [0.29, 0.717) is 6.61 Å². The average Bonchev–Trinajstić information content (AvgIpc) is 2.71. The van der Waals surface area contributed by atoms with Crippen LogP contribution in [0.2, 0.25) is 0 Å². The smallest absolute Gasteiger partial charge is 0.240 e. The van der Waals surface area contributed by atoms with Gasteiger partial charge in [0.15, 0.2) is 0 Å². The van der Waals surface area contributed by atoms with Crippen molar-refractivity contribution in [3.05, 3.63) is 59.7 Å². The van der Waals surface area contributed by atoms with Crippen LogP contribution in [0.15, 0.2) is 58.3 Å². The Morgan fingerprint density at radius 1 is 0.929 bits per heavy atom. The standard InChI is InChI=1S/C18H22N2O6S2/c21-11-10-19-27(22,23)15-5-7-16(8-6-15)28(24,25)20-13-18-17-4-2-1-3-14(17)9-12-26-18/h1-8,18-21H,9-13H2. The number of rotatable bonds is 8. The van der Waals surface area contributed by atoms with Gasteiger partial charge in [0, 0.05) is 13.1 Å². The highest BCUT2D eigenvalue weighted by atomic mass is 32.2. The van der Waals surface area contributed by atoms with Gasteiger partial charge < -0.3 is 9.84 Å². The number of benzene rings is 2. The highest BCUT2D eigenvalue weighted by Gasteiger charge is 2.23. The fraction of sp³-hybridized carbons (Fsp3) is 0.333. The quantitative estimate of drug-likeness (QED) is 0.567. The maximum absolute atomic E-state index is 12.6. The highest BCUT2D eigenvalue weighted by Crippen LogP contribution is 2.26. The highest BCUT2D eigenvalue weighted by molar-refractivity contribution is 7.90. The van der Waals surface area contributed by atoms with Crippen LogP contribution >= 0.6 is 0 Å². The molecule has 0 saturated carbocycles. The molecule has 3 rings (SSSR count). The van der Waals surface area contributed by atoms with E-state index < -0.39 is 20.0 Å². The molecular weight excluding hydrogens is 404 g/mol. The molecule has 0 fully saturated rings. The summed E-state index contributed by atoms with van der Waals surface area (Å²) < 4.78 is 59.5. The number of ether oxygens (including phenoxy) is 1. The van der Waals surface area contributed by atoms with E-state index in [1.165, 1.54) is 24.3 Å². The monoisotopic (exact) mass is 426 g/mol. The minimum atomic E-state index is -3.83. The van der Waals surface area contributed by atoms with Crippen LogP contribution in [0.1, 0.15) is 17.2 Å². The molecule has 28 heavy (non-hydrogen) atoms. The van der Waals surface area contributed by atoms with Crippen LogP contribution in [0.25, 0.3) is 0 Å². The van der Waals surface area contributed by atoms with E-state index in [4.69, 9.17) is 9.84 Å². The molecule has 10 heteroatoms. The van der Waals surface area contributed by atoms with Gasteiger partial charge in [-0.15, -0.1) is 0 Å². The van der Waals surface area contributed by atoms with Crippen LogP contribution in [-0.2, 0) is 31.2 Å². The largest absolute Gasteiger partial charge is 0.395 e. The summed E-state index contributed by atoms with van der Waals surface area (Å²) in [6.07, 6.45) is 0.418. The van der Waals surface area contributed by atoms with Crippen molar-refractivity contribution in [1.82, 2.24) is 9.44 Å². The summed E-state index contributed by atoms with van der Waals surface area (Å²) in [5.41, 5.74) is 2.11. The summed E-state index contributed by atoms with van der Waals surface area (Å²) in [4.78, 5) is -0.123. The lowest BCUT2D eigenvalue weighted by atomic mass is 9.98. The molecule has 2 aromatic rings. The fourth-order valence-corrected chi connectivity index (χ4v) is 5.03. The molecule has 0 saturated heterocycles. The predicted octanol–water partition coefficient (Wildman–Crippen LogP) is 0.550. The Kier molecular flexibility index (Phi) is 6.48. The molecule has 0 bridgehead atoms. The summed E-state index contributed by atoms with van der Waals surface area (Å²) in [6.45, 7) is 0.156. The van der Waals surface area contributed by atoms with Gasteiger partial charge in [-0.25, -0.2) is 26.3 Å². The van der Waals surface area contributed by atoms with Crippen molar-refractivity contribution in [2.45, 2.75) is 22.3 Å². The molecule has 0 aromatic heterocycles. The molecule has 152 valence electrons. The van der Waals surface area contributed by atoms with Crippen LogP contribution in [0.4, 0.5) is 0 Å². The topological polar surface area (TPSA) is 122 Å². The minimum absolute atomic E-state index is 0.0438. The first-order chi connectivity index (χ1) is 13.3. The Labute approximate surface area is 164 Å². The number of sulfonamides is 2. The zero-order valence-electron chi connectivity index (χ0n) is 15.0. The molecule has 1 atom stereocenters. The molecule has 1 aliphatic heterocycles. The van der Waals surface area contributed by atoms with E-state index >= 15 is 0 Å². The Hall–Kier alpha value is -1.82. The second-order valence-electron chi connectivity index (χ2n) is 6.25. The van der Waals surface area contributed by atoms with E-state index in [1.807, 2.05) is 24.3 Å². The third-order valence-corrected chi connectivity index (χ3v) is 7.32. The van der Waals surface area contributed by atoms with Gasteiger partial charge in [0.05, 0.1) is 29.1 Å². The van der Waals surface area contributed by atoms with E-state index in [0.717, 1.165) is 17.5 Å². The minimum Gasteiger partial charge on any atom is -0.395 e. The first-order valence-electron chi connectivity index (χ1n) is 8.73. The molecule has 3 N–H and O–H groups in total. The second kappa shape index (κ2) is 8.68. The molecule has 2 aromatic carbocycles. The van der Waals surface area contributed by atoms with Gasteiger partial charge in [-0.2, -0.15) is 0 Å². The maximum atomic E-state index is 12.6. The van der Waals surface area contributed by atoms with Gasteiger partial charge in [-0.05, 0) is 41.8 Å².